The zero-order chi connectivity index (χ0) is 21.1. The molecule has 30 heavy (non-hydrogen) atoms. The van der Waals surface area contributed by atoms with Crippen LogP contribution in [0.2, 0.25) is 0 Å². The number of aliphatic imine (C=N–C) groups is 1. The van der Waals surface area contributed by atoms with Gasteiger partial charge in [0.25, 0.3) is 5.91 Å². The molecule has 2 fully saturated rings. The molecule has 154 valence electrons. The third-order valence-electron chi connectivity index (χ3n) is 5.17. The smallest absolute Gasteiger partial charge is 0.280 e. The van der Waals surface area contributed by atoms with Crippen LogP contribution in [0.4, 0.5) is 8.78 Å². The highest BCUT2D eigenvalue weighted by Gasteiger charge is 2.31. The van der Waals surface area contributed by atoms with Crippen LogP contribution < -0.4 is 10.6 Å². The summed E-state index contributed by atoms with van der Waals surface area (Å²) < 4.78 is 26.3. The van der Waals surface area contributed by atoms with E-state index < -0.39 is 11.7 Å². The Hall–Kier alpha value is -3.55. The third kappa shape index (κ3) is 4.37. The third-order valence-corrected chi connectivity index (χ3v) is 5.17. The largest absolute Gasteiger partial charge is 0.369 e. The Morgan fingerprint density at radius 1 is 1.07 bits per heavy atom. The number of allylic oxidation sites excluding steroid dienone is 1. The normalized spacial score (nSPS) is 21.0. The second kappa shape index (κ2) is 8.44. The fourth-order valence-corrected chi connectivity index (χ4v) is 3.58. The summed E-state index contributed by atoms with van der Waals surface area (Å²) >= 11 is 0. The van der Waals surface area contributed by atoms with Gasteiger partial charge in [0.1, 0.15) is 17.5 Å². The van der Waals surface area contributed by atoms with Gasteiger partial charge in [0.15, 0.2) is 0 Å². The van der Waals surface area contributed by atoms with Crippen molar-refractivity contribution in [2.24, 2.45) is 4.99 Å². The SMILES string of the molecule is N=C(/C=C1\NCC2CCCN2/C(=N/C(=O)c2ccc(F)cc2)N1)c1ccc(F)cc1. The molecule has 1 amide bonds. The Labute approximate surface area is 172 Å². The lowest BCUT2D eigenvalue weighted by Crippen LogP contribution is -2.42. The Morgan fingerprint density at radius 2 is 1.70 bits per heavy atom. The molecule has 1 unspecified atom stereocenters. The Balaban J connectivity index is 1.60. The van der Waals surface area contributed by atoms with E-state index in [0.29, 0.717) is 29.5 Å². The maximum Gasteiger partial charge on any atom is 0.280 e. The van der Waals surface area contributed by atoms with Crippen molar-refractivity contribution in [2.75, 3.05) is 13.1 Å². The van der Waals surface area contributed by atoms with Gasteiger partial charge < -0.3 is 20.9 Å². The van der Waals surface area contributed by atoms with Crippen molar-refractivity contribution < 1.29 is 13.6 Å². The Morgan fingerprint density at radius 3 is 2.37 bits per heavy atom. The first-order valence-electron chi connectivity index (χ1n) is 9.72. The number of guanidine groups is 1. The fraction of sp³-hybridized carbons (Fsp3) is 0.227. The average Bonchev–Trinajstić information content (AvgIpc) is 3.15. The zero-order valence-electron chi connectivity index (χ0n) is 16.2. The summed E-state index contributed by atoms with van der Waals surface area (Å²) in [5.74, 6) is -0.322. The topological polar surface area (TPSA) is 80.6 Å². The quantitative estimate of drug-likeness (QED) is 0.681. The van der Waals surface area contributed by atoms with Crippen molar-refractivity contribution in [3.8, 4) is 0 Å². The number of fused-ring (bicyclic) bond motifs is 1. The van der Waals surface area contributed by atoms with Gasteiger partial charge in [0, 0.05) is 30.8 Å². The van der Waals surface area contributed by atoms with Crippen LogP contribution in [0, 0.1) is 17.0 Å². The zero-order valence-corrected chi connectivity index (χ0v) is 16.2. The average molecular weight is 409 g/mol. The first kappa shape index (κ1) is 19.8. The maximum atomic E-state index is 13.1. The summed E-state index contributed by atoms with van der Waals surface area (Å²) in [7, 11) is 0. The molecule has 8 heteroatoms. The number of carbonyl (C=O) groups excluding carboxylic acids is 1. The van der Waals surface area contributed by atoms with Gasteiger partial charge in [-0.1, -0.05) is 0 Å². The number of amides is 1. The van der Waals surface area contributed by atoms with Crippen molar-refractivity contribution in [3.63, 3.8) is 0 Å². The Kier molecular flexibility index (Phi) is 5.56. The van der Waals surface area contributed by atoms with Gasteiger partial charge in [-0.05, 0) is 66.9 Å². The highest BCUT2D eigenvalue weighted by Crippen LogP contribution is 2.20. The van der Waals surface area contributed by atoms with E-state index in [-0.39, 0.29) is 17.6 Å². The van der Waals surface area contributed by atoms with Crippen LogP contribution in [-0.4, -0.2) is 41.6 Å². The molecule has 0 aliphatic carbocycles. The minimum atomic E-state index is -0.474. The minimum Gasteiger partial charge on any atom is -0.369 e. The second-order valence-corrected chi connectivity index (χ2v) is 7.22. The van der Waals surface area contributed by atoms with E-state index in [9.17, 15) is 13.6 Å². The standard InChI is InChI=1S/C22H21F2N5O/c23-16-7-3-14(4-8-16)19(25)12-20-26-13-18-2-1-11-29(18)22(27-20)28-21(30)15-5-9-17(24)10-6-15/h3-10,12,18,25-26H,1-2,11,13H2,(H,27,28,30)/b20-12+,25-19?. The molecule has 0 bridgehead atoms. The van der Waals surface area contributed by atoms with Gasteiger partial charge in [-0.15, -0.1) is 0 Å². The number of benzene rings is 2. The maximum absolute atomic E-state index is 13.1. The van der Waals surface area contributed by atoms with Crippen LogP contribution in [0.25, 0.3) is 0 Å². The van der Waals surface area contributed by atoms with Crippen LogP contribution in [0.15, 0.2) is 65.4 Å². The molecule has 0 saturated carbocycles. The highest BCUT2D eigenvalue weighted by atomic mass is 19.1. The number of rotatable bonds is 3. The van der Waals surface area contributed by atoms with E-state index >= 15 is 0 Å². The van der Waals surface area contributed by atoms with Crippen LogP contribution in [0.1, 0.15) is 28.8 Å². The summed E-state index contributed by atoms with van der Waals surface area (Å²) in [6, 6.07) is 11.1. The number of nitrogens with zero attached hydrogens (tertiary/aromatic N) is 2. The molecule has 2 aromatic rings. The lowest BCUT2D eigenvalue weighted by molar-refractivity contribution is 0.100. The van der Waals surface area contributed by atoms with Gasteiger partial charge in [0.05, 0.1) is 5.71 Å². The van der Waals surface area contributed by atoms with Crippen LogP contribution in [0.5, 0.6) is 0 Å². The summed E-state index contributed by atoms with van der Waals surface area (Å²) in [5, 5.41) is 14.7. The molecule has 2 aromatic carbocycles. The number of hydrogen-bond acceptors (Lipinski definition) is 3. The van der Waals surface area contributed by atoms with Crippen molar-refractivity contribution in [1.82, 2.24) is 15.5 Å². The van der Waals surface area contributed by atoms with Crippen LogP contribution in [-0.2, 0) is 0 Å². The lowest BCUT2D eigenvalue weighted by atomic mass is 10.1. The van der Waals surface area contributed by atoms with E-state index in [4.69, 9.17) is 5.41 Å². The van der Waals surface area contributed by atoms with Crippen molar-refractivity contribution >= 4 is 17.6 Å². The van der Waals surface area contributed by atoms with Gasteiger partial charge >= 0.3 is 0 Å². The van der Waals surface area contributed by atoms with E-state index in [1.165, 1.54) is 48.5 Å². The molecule has 6 nitrogen and oxygen atoms in total. The van der Waals surface area contributed by atoms with Gasteiger partial charge in [0.2, 0.25) is 5.96 Å². The molecule has 0 aromatic heterocycles. The number of carbonyl (C=O) groups is 1. The Bertz CT molecular complexity index is 1010. The molecule has 3 N–H and O–H groups in total. The number of hydrogen-bond donors (Lipinski definition) is 3. The molecule has 2 heterocycles. The second-order valence-electron chi connectivity index (χ2n) is 7.22. The summed E-state index contributed by atoms with van der Waals surface area (Å²) in [6.07, 6.45) is 3.54. The van der Waals surface area contributed by atoms with Crippen LogP contribution >= 0.6 is 0 Å². The molecule has 4 rings (SSSR count). The van der Waals surface area contributed by atoms with Crippen molar-refractivity contribution in [2.45, 2.75) is 18.9 Å². The molecule has 1 atom stereocenters. The predicted octanol–water partition coefficient (Wildman–Crippen LogP) is 3.03. The van der Waals surface area contributed by atoms with E-state index in [1.807, 2.05) is 4.90 Å². The first-order chi connectivity index (χ1) is 14.5. The molecular weight excluding hydrogens is 388 g/mol. The van der Waals surface area contributed by atoms with E-state index in [0.717, 1.165) is 19.4 Å². The monoisotopic (exact) mass is 409 g/mol. The number of nitrogens with one attached hydrogen (secondary N) is 3. The lowest BCUT2D eigenvalue weighted by Gasteiger charge is -2.23. The minimum absolute atomic E-state index is 0.170. The highest BCUT2D eigenvalue weighted by molar-refractivity contribution is 6.07. The predicted molar refractivity (Wildman–Crippen MR) is 110 cm³/mol. The van der Waals surface area contributed by atoms with Crippen LogP contribution in [0.3, 0.4) is 0 Å². The first-order valence-corrected chi connectivity index (χ1v) is 9.72. The summed E-state index contributed by atoms with van der Waals surface area (Å²) in [5.41, 5.74) is 1.05. The molecule has 0 spiro atoms. The van der Waals surface area contributed by atoms with Crippen molar-refractivity contribution in [3.05, 3.63) is 83.2 Å². The summed E-state index contributed by atoms with van der Waals surface area (Å²) in [4.78, 5) is 18.9. The van der Waals surface area contributed by atoms with Crippen molar-refractivity contribution in [1.29, 1.82) is 5.41 Å². The van der Waals surface area contributed by atoms with Gasteiger partial charge in [-0.3, -0.25) is 4.79 Å². The van der Waals surface area contributed by atoms with E-state index in [1.54, 1.807) is 6.08 Å². The molecule has 2 aliphatic rings. The van der Waals surface area contributed by atoms with Gasteiger partial charge in [-0.2, -0.15) is 4.99 Å². The molecule has 2 saturated heterocycles. The number of halogens is 2. The summed E-state index contributed by atoms with van der Waals surface area (Å²) in [6.45, 7) is 1.40. The van der Waals surface area contributed by atoms with Gasteiger partial charge in [-0.25, -0.2) is 8.78 Å². The molecular formula is C22H21F2N5O. The van der Waals surface area contributed by atoms with E-state index in [2.05, 4.69) is 15.6 Å². The molecule has 2 aliphatic heterocycles. The molecule has 0 radical (unpaired) electrons. The fourth-order valence-electron chi connectivity index (χ4n) is 3.58.